The first-order chi connectivity index (χ1) is 9.51. The second kappa shape index (κ2) is 6.02. The largest absolute Gasteiger partial charge is 0.496 e. The van der Waals surface area contributed by atoms with Crippen LogP contribution in [0, 0.1) is 20.8 Å². The Morgan fingerprint density at radius 1 is 1.25 bits per heavy atom. The highest BCUT2D eigenvalue weighted by Crippen LogP contribution is 2.39. The van der Waals surface area contributed by atoms with E-state index in [1.165, 1.54) is 0 Å². The average molecular weight is 338 g/mol. The maximum absolute atomic E-state index is 5.67. The van der Waals surface area contributed by atoms with E-state index in [2.05, 4.69) is 41.2 Å². The zero-order valence-corrected chi connectivity index (χ0v) is 14.1. The summed E-state index contributed by atoms with van der Waals surface area (Å²) in [7, 11) is 3.64. The van der Waals surface area contributed by atoms with Crippen molar-refractivity contribution in [1.82, 2.24) is 5.32 Å². The summed E-state index contributed by atoms with van der Waals surface area (Å²) in [6.07, 6.45) is 1.72. The van der Waals surface area contributed by atoms with E-state index in [4.69, 9.17) is 9.15 Å². The quantitative estimate of drug-likeness (QED) is 0.903. The van der Waals surface area contributed by atoms with Crippen LogP contribution in [0.25, 0.3) is 0 Å². The zero-order valence-electron chi connectivity index (χ0n) is 12.5. The Kier molecular flexibility index (Phi) is 4.55. The summed E-state index contributed by atoms with van der Waals surface area (Å²) in [6, 6.07) is 4.03. The summed E-state index contributed by atoms with van der Waals surface area (Å²) >= 11 is 3.63. The molecule has 1 unspecified atom stereocenters. The average Bonchev–Trinajstić information content (AvgIpc) is 2.83. The summed E-state index contributed by atoms with van der Waals surface area (Å²) in [4.78, 5) is 0. The second-order valence-electron chi connectivity index (χ2n) is 4.94. The van der Waals surface area contributed by atoms with Gasteiger partial charge in [0.1, 0.15) is 11.5 Å². The summed E-state index contributed by atoms with van der Waals surface area (Å²) in [5.74, 6) is 1.83. The fourth-order valence-electron chi connectivity index (χ4n) is 2.58. The summed E-state index contributed by atoms with van der Waals surface area (Å²) in [5, 5.41) is 3.34. The van der Waals surface area contributed by atoms with E-state index in [1.807, 2.05) is 20.0 Å². The summed E-state index contributed by atoms with van der Waals surface area (Å²) < 4.78 is 12.4. The lowest BCUT2D eigenvalue weighted by molar-refractivity contribution is 0.392. The van der Waals surface area contributed by atoms with Crippen LogP contribution >= 0.6 is 15.9 Å². The first-order valence-electron chi connectivity index (χ1n) is 6.56. The zero-order chi connectivity index (χ0) is 14.9. The third-order valence-electron chi connectivity index (χ3n) is 3.65. The van der Waals surface area contributed by atoms with E-state index in [9.17, 15) is 0 Å². The maximum atomic E-state index is 5.67. The number of methoxy groups -OCH3 is 1. The van der Waals surface area contributed by atoms with Crippen molar-refractivity contribution in [2.24, 2.45) is 0 Å². The first-order valence-corrected chi connectivity index (χ1v) is 7.35. The number of hydrogen-bond acceptors (Lipinski definition) is 3. The van der Waals surface area contributed by atoms with Gasteiger partial charge in [-0.15, -0.1) is 0 Å². The molecule has 0 fully saturated rings. The standard InChI is InChI=1S/C16H20BrNO2/c1-9-6-7-20-16(9)14(18-4)13-11(3)12(17)8-10(2)15(13)19-5/h6-8,14,18H,1-5H3. The van der Waals surface area contributed by atoms with Crippen LogP contribution in [0.15, 0.2) is 27.3 Å². The highest BCUT2D eigenvalue weighted by atomic mass is 79.9. The van der Waals surface area contributed by atoms with Gasteiger partial charge in [-0.1, -0.05) is 15.9 Å². The van der Waals surface area contributed by atoms with E-state index in [-0.39, 0.29) is 6.04 Å². The number of benzene rings is 1. The van der Waals surface area contributed by atoms with Crippen LogP contribution in [0.1, 0.15) is 34.1 Å². The third kappa shape index (κ3) is 2.50. The monoisotopic (exact) mass is 337 g/mol. The number of hydrogen-bond donors (Lipinski definition) is 1. The first kappa shape index (κ1) is 15.1. The predicted octanol–water partition coefficient (Wildman–Crippen LogP) is 4.28. The Bertz CT molecular complexity index is 619. The van der Waals surface area contributed by atoms with Crippen molar-refractivity contribution < 1.29 is 9.15 Å². The van der Waals surface area contributed by atoms with Gasteiger partial charge in [0.25, 0.3) is 0 Å². The van der Waals surface area contributed by atoms with Gasteiger partial charge in [0.15, 0.2) is 0 Å². The lowest BCUT2D eigenvalue weighted by Crippen LogP contribution is -2.20. The SMILES string of the molecule is CNC(c1occc1C)c1c(C)c(Br)cc(C)c1OC. The highest BCUT2D eigenvalue weighted by molar-refractivity contribution is 9.10. The number of furan rings is 1. The number of halogens is 1. The van der Waals surface area contributed by atoms with Gasteiger partial charge in [0.2, 0.25) is 0 Å². The molecule has 1 aromatic carbocycles. The van der Waals surface area contributed by atoms with E-state index in [0.717, 1.165) is 38.2 Å². The van der Waals surface area contributed by atoms with Gasteiger partial charge < -0.3 is 14.5 Å². The van der Waals surface area contributed by atoms with Gasteiger partial charge in [0.05, 0.1) is 19.4 Å². The van der Waals surface area contributed by atoms with Crippen molar-refractivity contribution in [3.05, 3.63) is 50.9 Å². The molecule has 20 heavy (non-hydrogen) atoms. The van der Waals surface area contributed by atoms with E-state index >= 15 is 0 Å². The molecular formula is C16H20BrNO2. The molecule has 0 saturated heterocycles. The van der Waals surface area contributed by atoms with Crippen molar-refractivity contribution in [3.63, 3.8) is 0 Å². The lowest BCUT2D eigenvalue weighted by Gasteiger charge is -2.23. The van der Waals surface area contributed by atoms with Gasteiger partial charge in [-0.2, -0.15) is 0 Å². The molecule has 1 atom stereocenters. The molecule has 0 amide bonds. The van der Waals surface area contributed by atoms with Gasteiger partial charge in [-0.25, -0.2) is 0 Å². The molecule has 1 N–H and O–H groups in total. The molecule has 4 heteroatoms. The molecular weight excluding hydrogens is 318 g/mol. The topological polar surface area (TPSA) is 34.4 Å². The minimum Gasteiger partial charge on any atom is -0.496 e. The molecule has 0 aliphatic rings. The molecule has 2 aromatic rings. The Labute approximate surface area is 128 Å². The van der Waals surface area contributed by atoms with Crippen molar-refractivity contribution in [2.75, 3.05) is 14.2 Å². The molecule has 0 saturated carbocycles. The number of nitrogens with one attached hydrogen (secondary N) is 1. The van der Waals surface area contributed by atoms with Crippen molar-refractivity contribution in [2.45, 2.75) is 26.8 Å². The summed E-state index contributed by atoms with van der Waals surface area (Å²) in [6.45, 7) is 6.19. The van der Waals surface area contributed by atoms with Crippen LogP contribution in [0.2, 0.25) is 0 Å². The molecule has 1 heterocycles. The Morgan fingerprint density at radius 2 is 1.95 bits per heavy atom. The van der Waals surface area contributed by atoms with E-state index in [1.54, 1.807) is 13.4 Å². The van der Waals surface area contributed by atoms with Crippen LogP contribution in [0.5, 0.6) is 5.75 Å². The molecule has 0 bridgehead atoms. The van der Waals surface area contributed by atoms with E-state index < -0.39 is 0 Å². The molecule has 1 aromatic heterocycles. The molecule has 0 radical (unpaired) electrons. The number of ether oxygens (including phenoxy) is 1. The molecule has 3 nitrogen and oxygen atoms in total. The number of aryl methyl sites for hydroxylation is 2. The Hall–Kier alpha value is -1.26. The van der Waals surface area contributed by atoms with Crippen LogP contribution < -0.4 is 10.1 Å². The molecule has 2 rings (SSSR count). The third-order valence-corrected chi connectivity index (χ3v) is 4.48. The van der Waals surface area contributed by atoms with Gasteiger partial charge in [-0.05, 0) is 56.6 Å². The lowest BCUT2D eigenvalue weighted by atomic mass is 9.94. The van der Waals surface area contributed by atoms with Crippen molar-refractivity contribution in [1.29, 1.82) is 0 Å². The Morgan fingerprint density at radius 3 is 2.45 bits per heavy atom. The van der Waals surface area contributed by atoms with Crippen LogP contribution in [-0.2, 0) is 0 Å². The second-order valence-corrected chi connectivity index (χ2v) is 5.79. The minimum absolute atomic E-state index is 0.0313. The van der Waals surface area contributed by atoms with Gasteiger partial charge >= 0.3 is 0 Å². The number of rotatable bonds is 4. The molecule has 0 aliphatic heterocycles. The minimum atomic E-state index is -0.0313. The van der Waals surface area contributed by atoms with Crippen LogP contribution in [0.3, 0.4) is 0 Å². The highest BCUT2D eigenvalue weighted by Gasteiger charge is 2.25. The molecule has 108 valence electrons. The molecule has 0 spiro atoms. The maximum Gasteiger partial charge on any atom is 0.128 e. The summed E-state index contributed by atoms with van der Waals surface area (Å²) in [5.41, 5.74) is 4.50. The smallest absolute Gasteiger partial charge is 0.128 e. The van der Waals surface area contributed by atoms with E-state index in [0.29, 0.717) is 0 Å². The van der Waals surface area contributed by atoms with Crippen LogP contribution in [-0.4, -0.2) is 14.2 Å². The van der Waals surface area contributed by atoms with Crippen molar-refractivity contribution in [3.8, 4) is 5.75 Å². The predicted molar refractivity (Wildman–Crippen MR) is 84.5 cm³/mol. The van der Waals surface area contributed by atoms with Crippen LogP contribution in [0.4, 0.5) is 0 Å². The molecule has 0 aliphatic carbocycles. The normalized spacial score (nSPS) is 12.5. The van der Waals surface area contributed by atoms with Gasteiger partial charge in [0, 0.05) is 10.0 Å². The van der Waals surface area contributed by atoms with Crippen molar-refractivity contribution >= 4 is 15.9 Å². The van der Waals surface area contributed by atoms with Gasteiger partial charge in [-0.3, -0.25) is 0 Å². The Balaban J connectivity index is 2.69. The fourth-order valence-corrected chi connectivity index (χ4v) is 3.14. The fraction of sp³-hybridized carbons (Fsp3) is 0.375.